The van der Waals surface area contributed by atoms with Gasteiger partial charge in [-0.05, 0) is 52.7 Å². The van der Waals surface area contributed by atoms with Crippen molar-refractivity contribution < 1.29 is 18.6 Å². The maximum absolute atomic E-state index is 12.4. The molecule has 0 radical (unpaired) electrons. The van der Waals surface area contributed by atoms with Gasteiger partial charge in [0.1, 0.15) is 30.5 Å². The Morgan fingerprint density at radius 3 is 2.48 bits per heavy atom. The molecular weight excluding hydrogens is 388 g/mol. The van der Waals surface area contributed by atoms with E-state index in [2.05, 4.69) is 21.2 Å². The van der Waals surface area contributed by atoms with Gasteiger partial charge in [-0.1, -0.05) is 18.2 Å². The second-order valence-corrected chi connectivity index (χ2v) is 6.22. The highest BCUT2D eigenvalue weighted by Gasteiger charge is 2.10. The number of halogens is 2. The molecular formula is C19H23BrFNO3. The van der Waals surface area contributed by atoms with Crippen LogP contribution in [0.5, 0.6) is 17.2 Å². The molecule has 2 rings (SSSR count). The molecule has 0 aliphatic rings. The Hall–Kier alpha value is -1.79. The van der Waals surface area contributed by atoms with Crippen molar-refractivity contribution in [2.45, 2.75) is 13.0 Å². The number of nitrogens with one attached hydrogen (secondary N) is 1. The van der Waals surface area contributed by atoms with Gasteiger partial charge < -0.3 is 19.5 Å². The molecule has 2 aromatic carbocycles. The van der Waals surface area contributed by atoms with Gasteiger partial charge in [-0.15, -0.1) is 0 Å². The van der Waals surface area contributed by atoms with Crippen LogP contribution in [-0.2, 0) is 13.0 Å². The lowest BCUT2D eigenvalue weighted by Crippen LogP contribution is -2.17. The van der Waals surface area contributed by atoms with Crippen LogP contribution in [0.4, 0.5) is 4.39 Å². The fourth-order valence-electron chi connectivity index (χ4n) is 2.51. The van der Waals surface area contributed by atoms with Crippen LogP contribution in [0.3, 0.4) is 0 Å². The molecule has 0 heterocycles. The summed E-state index contributed by atoms with van der Waals surface area (Å²) >= 11 is 3.43. The van der Waals surface area contributed by atoms with Gasteiger partial charge in [0.15, 0.2) is 0 Å². The van der Waals surface area contributed by atoms with E-state index in [4.69, 9.17) is 14.2 Å². The summed E-state index contributed by atoms with van der Waals surface area (Å²) in [6, 6.07) is 11.7. The lowest BCUT2D eigenvalue weighted by Gasteiger charge is -2.14. The molecule has 0 aliphatic carbocycles. The molecule has 25 heavy (non-hydrogen) atoms. The zero-order valence-electron chi connectivity index (χ0n) is 14.5. The summed E-state index contributed by atoms with van der Waals surface area (Å²) in [4.78, 5) is 0. The molecule has 0 aromatic heterocycles. The lowest BCUT2D eigenvalue weighted by molar-refractivity contribution is 0.270. The highest BCUT2D eigenvalue weighted by Crippen LogP contribution is 2.33. The van der Waals surface area contributed by atoms with Crippen molar-refractivity contribution in [3.8, 4) is 17.2 Å². The zero-order chi connectivity index (χ0) is 18.1. The van der Waals surface area contributed by atoms with E-state index in [1.807, 2.05) is 36.4 Å². The van der Waals surface area contributed by atoms with Gasteiger partial charge >= 0.3 is 0 Å². The molecule has 0 atom stereocenters. The standard InChI is InChI=1S/C19H23BrFNO3/c1-23-17-6-4-3-5-15(17)13-22-9-7-14-11-19(24-2)16(20)12-18(14)25-10-8-21/h3-6,11-12,22H,7-10,13H2,1-2H3/i21-1. The van der Waals surface area contributed by atoms with Crippen LogP contribution >= 0.6 is 15.9 Å². The van der Waals surface area contributed by atoms with Gasteiger partial charge in [-0.25, -0.2) is 4.39 Å². The molecule has 0 aliphatic heterocycles. The Kier molecular flexibility index (Phi) is 8.01. The zero-order valence-corrected chi connectivity index (χ0v) is 16.1. The van der Waals surface area contributed by atoms with Gasteiger partial charge in [0.05, 0.1) is 18.7 Å². The van der Waals surface area contributed by atoms with E-state index in [9.17, 15) is 4.39 Å². The highest BCUT2D eigenvalue weighted by molar-refractivity contribution is 9.10. The van der Waals surface area contributed by atoms with Crippen LogP contribution < -0.4 is 19.5 Å². The average Bonchev–Trinajstić information content (AvgIpc) is 2.64. The first-order chi connectivity index (χ1) is 12.2. The Labute approximate surface area is 156 Å². The molecule has 0 unspecified atom stereocenters. The number of alkyl halides is 1. The van der Waals surface area contributed by atoms with Gasteiger partial charge in [-0.3, -0.25) is 0 Å². The lowest BCUT2D eigenvalue weighted by atomic mass is 10.1. The average molecular weight is 411 g/mol. The largest absolute Gasteiger partial charge is 0.496 e. The number of hydrogen-bond donors (Lipinski definition) is 1. The Morgan fingerprint density at radius 1 is 1.00 bits per heavy atom. The summed E-state index contributed by atoms with van der Waals surface area (Å²) in [5, 5.41) is 3.40. The monoisotopic (exact) mass is 410 g/mol. The first-order valence-electron chi connectivity index (χ1n) is 8.07. The second-order valence-electron chi connectivity index (χ2n) is 5.37. The Bertz CT molecular complexity index is 682. The van der Waals surface area contributed by atoms with E-state index < -0.39 is 6.67 Å². The van der Waals surface area contributed by atoms with E-state index in [1.54, 1.807) is 14.2 Å². The maximum Gasteiger partial charge on any atom is 0.133 e. The van der Waals surface area contributed by atoms with Crippen LogP contribution in [0.2, 0.25) is 0 Å². The third kappa shape index (κ3) is 5.61. The van der Waals surface area contributed by atoms with Crippen molar-refractivity contribution in [2.24, 2.45) is 0 Å². The first kappa shape index (κ1) is 19.5. The molecule has 0 spiro atoms. The Balaban J connectivity index is 1.99. The fraction of sp³-hybridized carbons (Fsp3) is 0.368. The Morgan fingerprint density at radius 2 is 1.76 bits per heavy atom. The summed E-state index contributed by atoms with van der Waals surface area (Å²) in [6.07, 6.45) is 0.737. The predicted octanol–water partition coefficient (Wildman–Crippen LogP) is 4.15. The molecule has 1 N–H and O–H groups in total. The SMILES string of the molecule is COc1cc(CCNCc2ccccc2OC)c(OCC[18F])cc1Br. The van der Waals surface area contributed by atoms with Crippen molar-refractivity contribution >= 4 is 15.9 Å². The predicted molar refractivity (Wildman–Crippen MR) is 101 cm³/mol. The molecule has 0 bridgehead atoms. The van der Waals surface area contributed by atoms with Crippen molar-refractivity contribution in [2.75, 3.05) is 34.0 Å². The van der Waals surface area contributed by atoms with Crippen molar-refractivity contribution in [3.63, 3.8) is 0 Å². The molecule has 4 nitrogen and oxygen atoms in total. The van der Waals surface area contributed by atoms with Gasteiger partial charge in [0, 0.05) is 12.1 Å². The number of methoxy groups -OCH3 is 2. The quantitative estimate of drug-likeness (QED) is 0.597. The summed E-state index contributed by atoms with van der Waals surface area (Å²) in [6.45, 7) is 0.975. The van der Waals surface area contributed by atoms with E-state index in [0.717, 1.165) is 40.1 Å². The topological polar surface area (TPSA) is 39.7 Å². The molecule has 0 saturated carbocycles. The number of rotatable bonds is 10. The molecule has 6 heteroatoms. The van der Waals surface area contributed by atoms with Crippen molar-refractivity contribution in [1.82, 2.24) is 5.32 Å². The number of ether oxygens (including phenoxy) is 3. The summed E-state index contributed by atoms with van der Waals surface area (Å²) in [5.41, 5.74) is 2.08. The smallest absolute Gasteiger partial charge is 0.133 e. The number of para-hydroxylation sites is 1. The summed E-state index contributed by atoms with van der Waals surface area (Å²) in [7, 11) is 3.29. The van der Waals surface area contributed by atoms with Gasteiger partial charge in [0.25, 0.3) is 0 Å². The summed E-state index contributed by atoms with van der Waals surface area (Å²) in [5.74, 6) is 2.27. The van der Waals surface area contributed by atoms with E-state index in [-0.39, 0.29) is 6.61 Å². The van der Waals surface area contributed by atoms with Crippen LogP contribution in [0.1, 0.15) is 11.1 Å². The molecule has 2 aromatic rings. The minimum atomic E-state index is -0.519. The molecule has 0 saturated heterocycles. The summed E-state index contributed by atoms with van der Waals surface area (Å²) < 4.78 is 29.4. The van der Waals surface area contributed by atoms with E-state index in [1.165, 1.54) is 0 Å². The molecule has 0 fully saturated rings. The fourth-order valence-corrected chi connectivity index (χ4v) is 2.99. The second kappa shape index (κ2) is 10.3. The van der Waals surface area contributed by atoms with Crippen molar-refractivity contribution in [3.05, 3.63) is 52.0 Å². The highest BCUT2D eigenvalue weighted by atomic mass is 79.9. The minimum Gasteiger partial charge on any atom is -0.496 e. The van der Waals surface area contributed by atoms with Crippen LogP contribution in [0, 0.1) is 0 Å². The van der Waals surface area contributed by atoms with Crippen molar-refractivity contribution in [1.29, 1.82) is 0 Å². The van der Waals surface area contributed by atoms with E-state index in [0.29, 0.717) is 12.3 Å². The van der Waals surface area contributed by atoms with E-state index >= 15 is 0 Å². The normalized spacial score (nSPS) is 10.6. The third-order valence-corrected chi connectivity index (χ3v) is 4.37. The van der Waals surface area contributed by atoms with Gasteiger partial charge in [-0.2, -0.15) is 0 Å². The van der Waals surface area contributed by atoms with Crippen LogP contribution in [0.25, 0.3) is 0 Å². The maximum atomic E-state index is 12.4. The molecule has 136 valence electrons. The number of benzene rings is 2. The third-order valence-electron chi connectivity index (χ3n) is 3.75. The molecule has 0 amide bonds. The minimum absolute atomic E-state index is 0.0421. The first-order valence-corrected chi connectivity index (χ1v) is 8.86. The van der Waals surface area contributed by atoms with Gasteiger partial charge in [0.2, 0.25) is 0 Å². The number of hydrogen-bond acceptors (Lipinski definition) is 4. The van der Waals surface area contributed by atoms with Crippen LogP contribution in [0.15, 0.2) is 40.9 Å². The van der Waals surface area contributed by atoms with Crippen LogP contribution in [-0.4, -0.2) is 34.0 Å².